The molecule has 1 saturated carbocycles. The second kappa shape index (κ2) is 7.50. The normalized spacial score (nSPS) is 24.2. The summed E-state index contributed by atoms with van der Waals surface area (Å²) in [4.78, 5) is 41.0. The van der Waals surface area contributed by atoms with Gasteiger partial charge in [-0.3, -0.25) is 14.5 Å². The fourth-order valence-corrected chi connectivity index (χ4v) is 4.51. The van der Waals surface area contributed by atoms with Gasteiger partial charge < -0.3 is 10.2 Å². The van der Waals surface area contributed by atoms with Gasteiger partial charge in [0.15, 0.2) is 0 Å². The first-order chi connectivity index (χ1) is 13.9. The molecule has 4 amide bonds. The zero-order chi connectivity index (χ0) is 20.6. The number of hydrogen-bond acceptors (Lipinski definition) is 3. The summed E-state index contributed by atoms with van der Waals surface area (Å²) in [6.45, 7) is 1.91. The summed E-state index contributed by atoms with van der Waals surface area (Å²) in [6.07, 6.45) is 4.27. The molecular weight excluding hydrogens is 366 g/mol. The molecule has 0 radical (unpaired) electrons. The minimum Gasteiger partial charge on any atom is -0.323 e. The number of urea groups is 1. The molecule has 6 nitrogen and oxygen atoms in total. The lowest BCUT2D eigenvalue weighted by Gasteiger charge is -2.34. The van der Waals surface area contributed by atoms with Gasteiger partial charge in [0.25, 0.3) is 5.91 Å². The van der Waals surface area contributed by atoms with E-state index in [0.29, 0.717) is 18.8 Å². The fraction of sp³-hybridized carbons (Fsp3) is 0.435. The number of carbonyl (C=O) groups excluding carboxylic acids is 3. The van der Waals surface area contributed by atoms with Gasteiger partial charge in [-0.25, -0.2) is 4.79 Å². The van der Waals surface area contributed by atoms with Crippen LogP contribution in [0.4, 0.5) is 10.5 Å². The molecule has 2 aromatic rings. The van der Waals surface area contributed by atoms with Crippen LogP contribution in [0.15, 0.2) is 42.5 Å². The molecule has 6 heteroatoms. The molecule has 0 unspecified atom stereocenters. The molecule has 1 spiro atoms. The lowest BCUT2D eigenvalue weighted by molar-refractivity contribution is -0.135. The Morgan fingerprint density at radius 2 is 1.83 bits per heavy atom. The van der Waals surface area contributed by atoms with Crippen molar-refractivity contribution in [2.75, 3.05) is 18.5 Å². The van der Waals surface area contributed by atoms with E-state index in [1.54, 1.807) is 7.05 Å². The molecule has 2 aliphatic rings. The van der Waals surface area contributed by atoms with Gasteiger partial charge in [-0.1, -0.05) is 43.7 Å². The molecular formula is C23H27N3O3. The molecule has 1 saturated heterocycles. The lowest BCUT2D eigenvalue weighted by atomic mass is 9.75. The van der Waals surface area contributed by atoms with E-state index in [9.17, 15) is 14.4 Å². The number of likely N-dealkylation sites (N-methyl/N-ethyl adjacent to an activating group) is 1. The monoisotopic (exact) mass is 393 g/mol. The molecule has 0 bridgehead atoms. The van der Waals surface area contributed by atoms with Crippen molar-refractivity contribution in [1.29, 1.82) is 0 Å². The van der Waals surface area contributed by atoms with Crippen LogP contribution in [0, 0.1) is 5.92 Å². The Hall–Kier alpha value is -2.89. The van der Waals surface area contributed by atoms with Gasteiger partial charge in [0, 0.05) is 12.7 Å². The van der Waals surface area contributed by atoms with E-state index in [4.69, 9.17) is 0 Å². The Morgan fingerprint density at radius 1 is 1.14 bits per heavy atom. The summed E-state index contributed by atoms with van der Waals surface area (Å²) < 4.78 is 0. The first-order valence-corrected chi connectivity index (χ1v) is 10.3. The maximum absolute atomic E-state index is 13.0. The van der Waals surface area contributed by atoms with E-state index in [-0.39, 0.29) is 18.4 Å². The lowest BCUT2D eigenvalue weighted by Crippen LogP contribution is -2.50. The van der Waals surface area contributed by atoms with Crippen LogP contribution >= 0.6 is 0 Å². The number of hydrogen-bond donors (Lipinski definition) is 1. The highest BCUT2D eigenvalue weighted by atomic mass is 16.2. The van der Waals surface area contributed by atoms with Crippen LogP contribution in [0.2, 0.25) is 0 Å². The number of nitrogens with zero attached hydrogens (tertiary/aromatic N) is 2. The van der Waals surface area contributed by atoms with E-state index in [1.807, 2.05) is 42.5 Å². The number of fused-ring (bicyclic) bond motifs is 1. The summed E-state index contributed by atoms with van der Waals surface area (Å²) in [5.41, 5.74) is -0.0798. The van der Waals surface area contributed by atoms with Crippen LogP contribution < -0.4 is 10.2 Å². The molecule has 4 rings (SSSR count). The van der Waals surface area contributed by atoms with Crippen molar-refractivity contribution in [1.82, 2.24) is 10.2 Å². The quantitative estimate of drug-likeness (QED) is 0.806. The Labute approximate surface area is 170 Å². The highest BCUT2D eigenvalue weighted by molar-refractivity contribution is 6.10. The average Bonchev–Trinajstić information content (AvgIpc) is 2.97. The minimum atomic E-state index is -0.815. The van der Waals surface area contributed by atoms with Gasteiger partial charge in [-0.05, 0) is 54.5 Å². The van der Waals surface area contributed by atoms with E-state index in [0.717, 1.165) is 40.6 Å². The average molecular weight is 393 g/mol. The molecule has 1 aliphatic heterocycles. The highest BCUT2D eigenvalue weighted by Crippen LogP contribution is 2.37. The molecule has 1 N–H and O–H groups in total. The summed E-state index contributed by atoms with van der Waals surface area (Å²) in [5, 5.41) is 5.02. The van der Waals surface area contributed by atoms with Gasteiger partial charge >= 0.3 is 6.03 Å². The first kappa shape index (κ1) is 19.4. The number of carbonyl (C=O) groups is 3. The SMILES string of the molecule is CCC1CCC2(CC1)NC(=O)N(CC(=O)N(C)c1ccc3ccccc3c1)C2=O. The second-order valence-electron chi connectivity index (χ2n) is 8.24. The number of rotatable bonds is 4. The first-order valence-electron chi connectivity index (χ1n) is 10.3. The predicted molar refractivity (Wildman–Crippen MR) is 113 cm³/mol. The molecule has 1 heterocycles. The predicted octanol–water partition coefficient (Wildman–Crippen LogP) is 3.69. The van der Waals surface area contributed by atoms with Gasteiger partial charge in [-0.15, -0.1) is 0 Å². The van der Waals surface area contributed by atoms with Crippen molar-refractivity contribution in [3.63, 3.8) is 0 Å². The summed E-state index contributed by atoms with van der Waals surface area (Å²) in [7, 11) is 1.67. The molecule has 0 atom stereocenters. The van der Waals surface area contributed by atoms with Crippen molar-refractivity contribution in [3.8, 4) is 0 Å². The molecule has 2 aromatic carbocycles. The van der Waals surface area contributed by atoms with Crippen LogP contribution in [0.25, 0.3) is 10.8 Å². The van der Waals surface area contributed by atoms with Crippen molar-refractivity contribution in [3.05, 3.63) is 42.5 Å². The molecule has 0 aromatic heterocycles. The van der Waals surface area contributed by atoms with E-state index in [1.165, 1.54) is 4.90 Å². The standard InChI is InChI=1S/C23H27N3O3/c1-3-16-10-12-23(13-11-16)21(28)26(22(29)24-23)15-20(27)25(2)19-9-8-17-6-4-5-7-18(17)14-19/h4-9,14,16H,3,10-13,15H2,1-2H3,(H,24,29). The van der Waals surface area contributed by atoms with Crippen molar-refractivity contribution in [2.24, 2.45) is 5.92 Å². The second-order valence-corrected chi connectivity index (χ2v) is 8.24. The summed E-state index contributed by atoms with van der Waals surface area (Å²) >= 11 is 0. The number of benzene rings is 2. The van der Waals surface area contributed by atoms with Crippen LogP contribution in [0.3, 0.4) is 0 Å². The van der Waals surface area contributed by atoms with E-state index in [2.05, 4.69) is 12.2 Å². The Morgan fingerprint density at radius 3 is 2.52 bits per heavy atom. The Bertz CT molecular complexity index is 963. The van der Waals surface area contributed by atoms with Crippen LogP contribution in [0.5, 0.6) is 0 Å². The van der Waals surface area contributed by atoms with Crippen LogP contribution in [-0.2, 0) is 9.59 Å². The third kappa shape index (κ3) is 3.48. The van der Waals surface area contributed by atoms with E-state index < -0.39 is 11.6 Å². The number of nitrogens with one attached hydrogen (secondary N) is 1. The third-order valence-corrected chi connectivity index (χ3v) is 6.57. The van der Waals surface area contributed by atoms with Crippen LogP contribution in [0.1, 0.15) is 39.0 Å². The topological polar surface area (TPSA) is 69.7 Å². The Balaban J connectivity index is 1.47. The summed E-state index contributed by atoms with van der Waals surface area (Å²) in [6, 6.07) is 13.2. The number of amides is 4. The minimum absolute atomic E-state index is 0.243. The fourth-order valence-electron chi connectivity index (χ4n) is 4.51. The van der Waals surface area contributed by atoms with E-state index >= 15 is 0 Å². The largest absolute Gasteiger partial charge is 0.325 e. The number of imide groups is 1. The van der Waals surface area contributed by atoms with Gasteiger partial charge in [0.05, 0.1) is 0 Å². The van der Waals surface area contributed by atoms with Gasteiger partial charge in [0.1, 0.15) is 12.1 Å². The maximum atomic E-state index is 13.0. The van der Waals surface area contributed by atoms with Gasteiger partial charge in [0.2, 0.25) is 5.91 Å². The highest BCUT2D eigenvalue weighted by Gasteiger charge is 2.52. The van der Waals surface area contributed by atoms with Crippen molar-refractivity contribution >= 4 is 34.3 Å². The Kier molecular flexibility index (Phi) is 5.03. The molecule has 152 valence electrons. The zero-order valence-electron chi connectivity index (χ0n) is 17.0. The molecule has 1 aliphatic carbocycles. The van der Waals surface area contributed by atoms with Crippen molar-refractivity contribution in [2.45, 2.75) is 44.6 Å². The van der Waals surface area contributed by atoms with Crippen LogP contribution in [-0.4, -0.2) is 41.9 Å². The third-order valence-electron chi connectivity index (χ3n) is 6.57. The van der Waals surface area contributed by atoms with Gasteiger partial charge in [-0.2, -0.15) is 0 Å². The summed E-state index contributed by atoms with van der Waals surface area (Å²) in [5.74, 6) is 0.0698. The molecule has 2 fully saturated rings. The zero-order valence-corrected chi connectivity index (χ0v) is 17.0. The van der Waals surface area contributed by atoms with Crippen molar-refractivity contribution < 1.29 is 14.4 Å². The molecule has 29 heavy (non-hydrogen) atoms. The maximum Gasteiger partial charge on any atom is 0.325 e. The smallest absolute Gasteiger partial charge is 0.323 e. The number of anilines is 1.